The van der Waals surface area contributed by atoms with E-state index in [0.29, 0.717) is 6.07 Å². The number of aryl methyl sites for hydroxylation is 1. The standard InChI is InChI=1S/C9H6F6O/c1-4-2-5(8(10,11)12)3-6(16)7(4)9(13,14)15/h2-3,16H,1H3. The third-order valence-corrected chi connectivity index (χ3v) is 1.93. The Hall–Kier alpha value is -1.40. The molecule has 0 saturated heterocycles. The van der Waals surface area contributed by atoms with Crippen LogP contribution < -0.4 is 0 Å². The van der Waals surface area contributed by atoms with E-state index in [-0.39, 0.29) is 6.07 Å². The fourth-order valence-electron chi connectivity index (χ4n) is 1.30. The Morgan fingerprint density at radius 1 is 0.938 bits per heavy atom. The molecule has 1 aromatic carbocycles. The van der Waals surface area contributed by atoms with Crippen LogP contribution in [0.4, 0.5) is 26.3 Å². The van der Waals surface area contributed by atoms with Crippen LogP contribution in [0.2, 0.25) is 0 Å². The van der Waals surface area contributed by atoms with Crippen LogP contribution in [-0.4, -0.2) is 5.11 Å². The Labute approximate surface area is 86.3 Å². The fourth-order valence-corrected chi connectivity index (χ4v) is 1.30. The van der Waals surface area contributed by atoms with E-state index in [9.17, 15) is 26.3 Å². The van der Waals surface area contributed by atoms with E-state index in [1.165, 1.54) is 0 Å². The topological polar surface area (TPSA) is 20.2 Å². The van der Waals surface area contributed by atoms with Gasteiger partial charge in [0.2, 0.25) is 0 Å². The van der Waals surface area contributed by atoms with Gasteiger partial charge in [0.1, 0.15) is 11.3 Å². The van der Waals surface area contributed by atoms with Crippen molar-refractivity contribution in [2.24, 2.45) is 0 Å². The van der Waals surface area contributed by atoms with Gasteiger partial charge in [0.25, 0.3) is 0 Å². The highest BCUT2D eigenvalue weighted by Gasteiger charge is 2.39. The summed E-state index contributed by atoms with van der Waals surface area (Å²) in [5, 5.41) is 8.95. The first-order chi connectivity index (χ1) is 7.03. The second kappa shape index (κ2) is 3.57. The molecule has 0 radical (unpaired) electrons. The molecule has 0 spiro atoms. The first-order valence-corrected chi connectivity index (χ1v) is 4.01. The van der Waals surface area contributed by atoms with Crippen molar-refractivity contribution in [1.82, 2.24) is 0 Å². The predicted molar refractivity (Wildman–Crippen MR) is 42.8 cm³/mol. The first kappa shape index (κ1) is 12.7. The molecule has 90 valence electrons. The number of hydrogen-bond acceptors (Lipinski definition) is 1. The fraction of sp³-hybridized carbons (Fsp3) is 0.333. The van der Waals surface area contributed by atoms with Gasteiger partial charge in [-0.3, -0.25) is 0 Å². The van der Waals surface area contributed by atoms with Gasteiger partial charge in [0.15, 0.2) is 0 Å². The van der Waals surface area contributed by atoms with E-state index >= 15 is 0 Å². The molecule has 0 fully saturated rings. The predicted octanol–water partition coefficient (Wildman–Crippen LogP) is 3.74. The quantitative estimate of drug-likeness (QED) is 0.689. The van der Waals surface area contributed by atoms with Crippen LogP contribution in [0.3, 0.4) is 0 Å². The molecule has 1 N–H and O–H groups in total. The average molecular weight is 244 g/mol. The molecule has 7 heteroatoms. The second-order valence-corrected chi connectivity index (χ2v) is 3.18. The van der Waals surface area contributed by atoms with Gasteiger partial charge < -0.3 is 5.11 Å². The zero-order valence-electron chi connectivity index (χ0n) is 7.87. The third kappa shape index (κ3) is 2.40. The molecule has 16 heavy (non-hydrogen) atoms. The molecule has 1 nitrogen and oxygen atoms in total. The smallest absolute Gasteiger partial charge is 0.420 e. The van der Waals surface area contributed by atoms with Crippen molar-refractivity contribution in [3.05, 3.63) is 28.8 Å². The van der Waals surface area contributed by atoms with Crippen LogP contribution >= 0.6 is 0 Å². The minimum Gasteiger partial charge on any atom is -0.507 e. The number of alkyl halides is 6. The maximum absolute atomic E-state index is 12.3. The maximum atomic E-state index is 12.3. The van der Waals surface area contributed by atoms with Gasteiger partial charge in [-0.1, -0.05) is 0 Å². The summed E-state index contributed by atoms with van der Waals surface area (Å²) in [6.07, 6.45) is -9.66. The molecule has 1 rings (SSSR count). The van der Waals surface area contributed by atoms with Crippen molar-refractivity contribution in [2.45, 2.75) is 19.3 Å². The van der Waals surface area contributed by atoms with Crippen LogP contribution in [0.25, 0.3) is 0 Å². The van der Waals surface area contributed by atoms with Crippen LogP contribution in [0.1, 0.15) is 16.7 Å². The number of halogens is 6. The highest BCUT2D eigenvalue weighted by molar-refractivity contribution is 5.45. The zero-order valence-corrected chi connectivity index (χ0v) is 7.87. The van der Waals surface area contributed by atoms with Gasteiger partial charge in [0.05, 0.1) is 5.56 Å². The van der Waals surface area contributed by atoms with Crippen LogP contribution in [0.15, 0.2) is 12.1 Å². The number of rotatable bonds is 0. The van der Waals surface area contributed by atoms with Crippen LogP contribution in [0, 0.1) is 6.92 Å². The van der Waals surface area contributed by atoms with Gasteiger partial charge in [-0.05, 0) is 24.6 Å². The summed E-state index contributed by atoms with van der Waals surface area (Å²) in [7, 11) is 0. The molecular weight excluding hydrogens is 238 g/mol. The number of phenols is 1. The Balaban J connectivity index is 3.41. The molecule has 0 aromatic heterocycles. The highest BCUT2D eigenvalue weighted by Crippen LogP contribution is 2.41. The second-order valence-electron chi connectivity index (χ2n) is 3.18. The number of phenolic OH excluding ortho intramolecular Hbond substituents is 1. The normalized spacial score (nSPS) is 12.9. The molecule has 0 aliphatic carbocycles. The maximum Gasteiger partial charge on any atom is 0.420 e. The van der Waals surface area contributed by atoms with Crippen molar-refractivity contribution in [3.63, 3.8) is 0 Å². The molecule has 0 heterocycles. The lowest BCUT2D eigenvalue weighted by Crippen LogP contribution is -2.11. The summed E-state index contributed by atoms with van der Waals surface area (Å²) >= 11 is 0. The van der Waals surface area contributed by atoms with Crippen molar-refractivity contribution in [3.8, 4) is 5.75 Å². The molecule has 1 aromatic rings. The van der Waals surface area contributed by atoms with E-state index in [1.54, 1.807) is 0 Å². The molecule has 0 aliphatic heterocycles. The zero-order chi connectivity index (χ0) is 12.7. The summed E-state index contributed by atoms with van der Waals surface area (Å²) in [6, 6.07) is 0.415. The summed E-state index contributed by atoms with van der Waals surface area (Å²) in [4.78, 5) is 0. The lowest BCUT2D eigenvalue weighted by molar-refractivity contribution is -0.142. The van der Waals surface area contributed by atoms with E-state index < -0.39 is 34.8 Å². The first-order valence-electron chi connectivity index (χ1n) is 4.01. The average Bonchev–Trinajstić information content (AvgIpc) is 1.97. The van der Waals surface area contributed by atoms with Gasteiger partial charge in [-0.15, -0.1) is 0 Å². The highest BCUT2D eigenvalue weighted by atomic mass is 19.4. The summed E-state index contributed by atoms with van der Waals surface area (Å²) < 4.78 is 73.4. The molecule has 0 atom stereocenters. The van der Waals surface area contributed by atoms with Crippen LogP contribution in [0.5, 0.6) is 5.75 Å². The number of benzene rings is 1. The van der Waals surface area contributed by atoms with Crippen molar-refractivity contribution in [1.29, 1.82) is 0 Å². The summed E-state index contributed by atoms with van der Waals surface area (Å²) in [5.74, 6) is -1.42. The van der Waals surface area contributed by atoms with Gasteiger partial charge in [0, 0.05) is 0 Å². The van der Waals surface area contributed by atoms with E-state index in [2.05, 4.69) is 0 Å². The van der Waals surface area contributed by atoms with E-state index in [0.717, 1.165) is 6.92 Å². The Kier molecular flexibility index (Phi) is 2.82. The molecule has 0 aliphatic rings. The van der Waals surface area contributed by atoms with Crippen molar-refractivity contribution in [2.75, 3.05) is 0 Å². The Morgan fingerprint density at radius 2 is 1.44 bits per heavy atom. The van der Waals surface area contributed by atoms with Crippen LogP contribution in [-0.2, 0) is 12.4 Å². The molecule has 0 bridgehead atoms. The number of hydrogen-bond donors (Lipinski definition) is 1. The minimum atomic E-state index is -4.88. The lowest BCUT2D eigenvalue weighted by atomic mass is 10.0. The Bertz CT molecular complexity index is 380. The summed E-state index contributed by atoms with van der Waals surface area (Å²) in [6.45, 7) is 0.859. The van der Waals surface area contributed by atoms with Crippen molar-refractivity contribution < 1.29 is 31.4 Å². The SMILES string of the molecule is Cc1cc(C(F)(F)F)cc(O)c1C(F)(F)F. The molecule has 0 amide bonds. The van der Waals surface area contributed by atoms with Gasteiger partial charge >= 0.3 is 12.4 Å². The minimum absolute atomic E-state index is 0.0653. The van der Waals surface area contributed by atoms with Crippen molar-refractivity contribution >= 4 is 0 Å². The molecule has 0 unspecified atom stereocenters. The Morgan fingerprint density at radius 3 is 1.75 bits per heavy atom. The van der Waals surface area contributed by atoms with E-state index in [4.69, 9.17) is 5.11 Å². The van der Waals surface area contributed by atoms with Gasteiger partial charge in [-0.2, -0.15) is 26.3 Å². The third-order valence-electron chi connectivity index (χ3n) is 1.93. The lowest BCUT2D eigenvalue weighted by Gasteiger charge is -2.15. The molecule has 0 saturated carbocycles. The summed E-state index contributed by atoms with van der Waals surface area (Å²) in [5.41, 5.74) is -3.42. The molecular formula is C9H6F6O. The number of aromatic hydroxyl groups is 1. The van der Waals surface area contributed by atoms with E-state index in [1.807, 2.05) is 0 Å². The van der Waals surface area contributed by atoms with Gasteiger partial charge in [-0.25, -0.2) is 0 Å². The largest absolute Gasteiger partial charge is 0.507 e. The monoisotopic (exact) mass is 244 g/mol.